The molecular weight excluding hydrogens is 191 g/mol. The molecule has 0 amide bonds. The van der Waals surface area contributed by atoms with Crippen molar-refractivity contribution >= 4 is 6.29 Å². The molecule has 0 fully saturated rings. The summed E-state index contributed by atoms with van der Waals surface area (Å²) in [6, 6.07) is 4.06. The molecule has 0 unspecified atom stereocenters. The summed E-state index contributed by atoms with van der Waals surface area (Å²) in [5, 5.41) is 0. The van der Waals surface area contributed by atoms with Gasteiger partial charge < -0.3 is 0 Å². The highest BCUT2D eigenvalue weighted by molar-refractivity contribution is 5.79. The zero-order chi connectivity index (χ0) is 11.1. The third-order valence-electron chi connectivity index (χ3n) is 2.02. The van der Waals surface area contributed by atoms with Crippen LogP contribution >= 0.6 is 0 Å². The molecule has 0 N–H and O–H groups in total. The Bertz CT molecular complexity index is 399. The SMILES string of the molecule is CCCCC#Cc1ccc(F)cc1C=O. The van der Waals surface area contributed by atoms with E-state index < -0.39 is 5.82 Å². The quantitative estimate of drug-likeness (QED) is 0.420. The van der Waals surface area contributed by atoms with E-state index in [-0.39, 0.29) is 0 Å². The van der Waals surface area contributed by atoms with Crippen molar-refractivity contribution in [1.82, 2.24) is 0 Å². The number of rotatable bonds is 3. The minimum Gasteiger partial charge on any atom is -0.298 e. The van der Waals surface area contributed by atoms with Crippen LogP contribution in [0.1, 0.15) is 42.1 Å². The maximum atomic E-state index is 12.8. The monoisotopic (exact) mass is 204 g/mol. The fourth-order valence-corrected chi connectivity index (χ4v) is 1.17. The van der Waals surface area contributed by atoms with Gasteiger partial charge in [0.05, 0.1) is 0 Å². The van der Waals surface area contributed by atoms with Crippen molar-refractivity contribution in [3.8, 4) is 11.8 Å². The molecule has 1 aromatic carbocycles. The minimum atomic E-state index is -0.406. The van der Waals surface area contributed by atoms with Crippen LogP contribution in [-0.4, -0.2) is 6.29 Å². The van der Waals surface area contributed by atoms with Gasteiger partial charge in [0, 0.05) is 17.5 Å². The number of benzene rings is 1. The van der Waals surface area contributed by atoms with Gasteiger partial charge in [-0.25, -0.2) is 4.39 Å². The Kier molecular flexibility index (Phi) is 4.56. The zero-order valence-corrected chi connectivity index (χ0v) is 8.72. The highest BCUT2D eigenvalue weighted by Gasteiger charge is 1.99. The Hall–Kier alpha value is -1.62. The number of hydrogen-bond acceptors (Lipinski definition) is 1. The van der Waals surface area contributed by atoms with Crippen LogP contribution in [0, 0.1) is 17.7 Å². The molecule has 0 spiro atoms. The maximum absolute atomic E-state index is 12.8. The molecule has 0 aliphatic heterocycles. The van der Waals surface area contributed by atoms with E-state index in [0.717, 1.165) is 19.3 Å². The third kappa shape index (κ3) is 3.55. The van der Waals surface area contributed by atoms with Crippen LogP contribution in [0.15, 0.2) is 18.2 Å². The second-order valence-corrected chi connectivity index (χ2v) is 3.25. The normalized spacial score (nSPS) is 9.20. The van der Waals surface area contributed by atoms with Gasteiger partial charge in [-0.15, -0.1) is 0 Å². The van der Waals surface area contributed by atoms with E-state index in [4.69, 9.17) is 0 Å². The molecule has 0 saturated carbocycles. The van der Waals surface area contributed by atoms with Crippen molar-refractivity contribution in [1.29, 1.82) is 0 Å². The van der Waals surface area contributed by atoms with E-state index >= 15 is 0 Å². The first-order valence-electron chi connectivity index (χ1n) is 5.01. The molecule has 0 aromatic heterocycles. The topological polar surface area (TPSA) is 17.1 Å². The molecule has 1 rings (SSSR count). The van der Waals surface area contributed by atoms with Gasteiger partial charge in [0.15, 0.2) is 6.29 Å². The Balaban J connectivity index is 2.83. The maximum Gasteiger partial charge on any atom is 0.151 e. The van der Waals surface area contributed by atoms with Crippen molar-refractivity contribution in [2.75, 3.05) is 0 Å². The molecule has 0 radical (unpaired) electrons. The average Bonchev–Trinajstić information content (AvgIpc) is 2.26. The molecule has 78 valence electrons. The molecule has 0 heterocycles. The largest absolute Gasteiger partial charge is 0.298 e. The van der Waals surface area contributed by atoms with E-state index in [1.165, 1.54) is 18.2 Å². The Labute approximate surface area is 89.3 Å². The number of unbranched alkanes of at least 4 members (excludes halogenated alkanes) is 2. The fraction of sp³-hybridized carbons (Fsp3) is 0.308. The summed E-state index contributed by atoms with van der Waals surface area (Å²) >= 11 is 0. The van der Waals surface area contributed by atoms with E-state index in [1.807, 2.05) is 0 Å². The Morgan fingerprint density at radius 3 is 2.93 bits per heavy atom. The lowest BCUT2D eigenvalue weighted by Crippen LogP contribution is -1.88. The number of halogens is 1. The molecule has 1 aromatic rings. The summed E-state index contributed by atoms with van der Waals surface area (Å²) < 4.78 is 12.8. The van der Waals surface area contributed by atoms with Crippen LogP contribution in [0.2, 0.25) is 0 Å². The molecule has 0 saturated heterocycles. The molecule has 1 nitrogen and oxygen atoms in total. The second-order valence-electron chi connectivity index (χ2n) is 3.25. The Morgan fingerprint density at radius 2 is 2.27 bits per heavy atom. The lowest BCUT2D eigenvalue weighted by atomic mass is 10.1. The van der Waals surface area contributed by atoms with Crippen molar-refractivity contribution in [2.24, 2.45) is 0 Å². The number of carbonyl (C=O) groups excluding carboxylic acids is 1. The molecule has 0 bridgehead atoms. The van der Waals surface area contributed by atoms with Crippen LogP contribution in [0.3, 0.4) is 0 Å². The van der Waals surface area contributed by atoms with Crippen molar-refractivity contribution < 1.29 is 9.18 Å². The second kappa shape index (κ2) is 5.98. The first-order valence-corrected chi connectivity index (χ1v) is 5.01. The van der Waals surface area contributed by atoms with Gasteiger partial charge in [0.2, 0.25) is 0 Å². The van der Waals surface area contributed by atoms with Gasteiger partial charge in [0.1, 0.15) is 5.82 Å². The standard InChI is InChI=1S/C13H13FO/c1-2-3-4-5-6-11-7-8-13(14)9-12(11)10-15/h7-10H,2-4H2,1H3. The van der Waals surface area contributed by atoms with E-state index in [1.54, 1.807) is 0 Å². The Morgan fingerprint density at radius 1 is 1.47 bits per heavy atom. The van der Waals surface area contributed by atoms with Crippen LogP contribution in [0.4, 0.5) is 4.39 Å². The highest BCUT2D eigenvalue weighted by Crippen LogP contribution is 2.08. The average molecular weight is 204 g/mol. The van der Waals surface area contributed by atoms with Gasteiger partial charge in [-0.05, 0) is 24.6 Å². The van der Waals surface area contributed by atoms with Crippen LogP contribution in [0.25, 0.3) is 0 Å². The predicted octanol–water partition coefficient (Wildman–Crippen LogP) is 3.18. The molecule has 0 atom stereocenters. The lowest BCUT2D eigenvalue weighted by molar-refractivity contribution is 0.112. The summed E-state index contributed by atoms with van der Waals surface area (Å²) in [6.45, 7) is 2.09. The van der Waals surface area contributed by atoms with Gasteiger partial charge in [-0.3, -0.25) is 4.79 Å². The van der Waals surface area contributed by atoms with Gasteiger partial charge in [-0.2, -0.15) is 0 Å². The van der Waals surface area contributed by atoms with Gasteiger partial charge in [0.25, 0.3) is 0 Å². The molecule has 2 heteroatoms. The first-order chi connectivity index (χ1) is 7.27. The summed E-state index contributed by atoms with van der Waals surface area (Å²) in [5.41, 5.74) is 0.918. The smallest absolute Gasteiger partial charge is 0.151 e. The number of hydrogen-bond donors (Lipinski definition) is 0. The minimum absolute atomic E-state index is 0.319. The summed E-state index contributed by atoms with van der Waals surface area (Å²) in [4.78, 5) is 10.6. The summed E-state index contributed by atoms with van der Waals surface area (Å²) in [6.07, 6.45) is 3.59. The van der Waals surface area contributed by atoms with Crippen molar-refractivity contribution in [3.63, 3.8) is 0 Å². The molecule has 0 aliphatic rings. The number of carbonyl (C=O) groups is 1. The van der Waals surface area contributed by atoms with E-state index in [0.29, 0.717) is 17.4 Å². The van der Waals surface area contributed by atoms with Crippen molar-refractivity contribution in [2.45, 2.75) is 26.2 Å². The van der Waals surface area contributed by atoms with Crippen LogP contribution in [0.5, 0.6) is 0 Å². The molecular formula is C13H13FO. The highest BCUT2D eigenvalue weighted by atomic mass is 19.1. The van der Waals surface area contributed by atoms with Gasteiger partial charge in [-0.1, -0.05) is 25.2 Å². The third-order valence-corrected chi connectivity index (χ3v) is 2.02. The lowest BCUT2D eigenvalue weighted by Gasteiger charge is -1.95. The first kappa shape index (κ1) is 11.5. The molecule has 0 aliphatic carbocycles. The summed E-state index contributed by atoms with van der Waals surface area (Å²) in [7, 11) is 0. The van der Waals surface area contributed by atoms with E-state index in [9.17, 15) is 9.18 Å². The number of aldehydes is 1. The summed E-state index contributed by atoms with van der Waals surface area (Å²) in [5.74, 6) is 5.44. The fourth-order valence-electron chi connectivity index (χ4n) is 1.17. The predicted molar refractivity (Wildman–Crippen MR) is 58.2 cm³/mol. The van der Waals surface area contributed by atoms with Crippen LogP contribution < -0.4 is 0 Å². The van der Waals surface area contributed by atoms with Gasteiger partial charge >= 0.3 is 0 Å². The van der Waals surface area contributed by atoms with Crippen LogP contribution in [-0.2, 0) is 0 Å². The zero-order valence-electron chi connectivity index (χ0n) is 8.72. The van der Waals surface area contributed by atoms with E-state index in [2.05, 4.69) is 18.8 Å². The molecule has 15 heavy (non-hydrogen) atoms. The van der Waals surface area contributed by atoms with Crippen molar-refractivity contribution in [3.05, 3.63) is 35.1 Å².